The molecule has 0 aromatic heterocycles. The summed E-state index contributed by atoms with van der Waals surface area (Å²) in [4.78, 5) is 11.8. The molecule has 3 aliphatic rings. The van der Waals surface area contributed by atoms with E-state index < -0.39 is 0 Å². The molecule has 3 unspecified atom stereocenters. The first-order valence-corrected chi connectivity index (χ1v) is 6.89. The smallest absolute Gasteiger partial charge is 0.162 e. The van der Waals surface area contributed by atoms with Gasteiger partial charge >= 0.3 is 0 Å². The fraction of sp³-hybridized carbons (Fsp3) is 0.667. The average Bonchev–Trinajstić information content (AvgIpc) is 2.80. The van der Waals surface area contributed by atoms with Crippen molar-refractivity contribution in [2.45, 2.75) is 50.7 Å². The molecular weight excluding hydrogens is 212 g/mol. The van der Waals surface area contributed by atoms with Crippen molar-refractivity contribution in [2.24, 2.45) is 11.8 Å². The summed E-state index contributed by atoms with van der Waals surface area (Å²) in [6.07, 6.45) is 15.8. The van der Waals surface area contributed by atoms with Gasteiger partial charge in [-0.05, 0) is 37.7 Å². The number of ether oxygens (including phenoxy) is 1. The number of ketones is 1. The Labute approximate surface area is 103 Å². The largest absolute Gasteiger partial charge is 0.375 e. The molecule has 0 amide bonds. The molecule has 3 aliphatic carbocycles. The van der Waals surface area contributed by atoms with Gasteiger partial charge in [-0.3, -0.25) is 4.79 Å². The van der Waals surface area contributed by atoms with Crippen LogP contribution >= 0.6 is 0 Å². The number of hydrogen-bond acceptors (Lipinski definition) is 2. The second kappa shape index (κ2) is 4.77. The van der Waals surface area contributed by atoms with E-state index in [2.05, 4.69) is 6.08 Å². The third-order valence-corrected chi connectivity index (χ3v) is 4.41. The third-order valence-electron chi connectivity index (χ3n) is 4.41. The van der Waals surface area contributed by atoms with Crippen molar-refractivity contribution in [3.63, 3.8) is 0 Å². The van der Waals surface area contributed by atoms with Gasteiger partial charge in [-0.25, -0.2) is 0 Å². The first-order valence-electron chi connectivity index (χ1n) is 6.89. The van der Waals surface area contributed by atoms with E-state index in [0.717, 1.165) is 12.8 Å². The third kappa shape index (κ3) is 2.23. The van der Waals surface area contributed by atoms with Gasteiger partial charge in [0.15, 0.2) is 5.78 Å². The molecule has 2 saturated carbocycles. The molecule has 2 nitrogen and oxygen atoms in total. The van der Waals surface area contributed by atoms with E-state index in [0.29, 0.717) is 18.1 Å². The van der Waals surface area contributed by atoms with Crippen LogP contribution in [0.1, 0.15) is 38.5 Å². The number of carbonyl (C=O) groups excluding carboxylic acids is 1. The van der Waals surface area contributed by atoms with Gasteiger partial charge in [0.1, 0.15) is 0 Å². The van der Waals surface area contributed by atoms with Gasteiger partial charge in [-0.1, -0.05) is 31.1 Å². The minimum atomic E-state index is 0.0835. The van der Waals surface area contributed by atoms with Crippen molar-refractivity contribution in [3.8, 4) is 0 Å². The monoisotopic (exact) mass is 232 g/mol. The fourth-order valence-corrected chi connectivity index (χ4v) is 3.24. The molecule has 0 aromatic carbocycles. The first-order chi connectivity index (χ1) is 8.34. The lowest BCUT2D eigenvalue weighted by molar-refractivity contribution is -0.130. The minimum Gasteiger partial charge on any atom is -0.375 e. The molecule has 0 radical (unpaired) electrons. The van der Waals surface area contributed by atoms with Crippen molar-refractivity contribution in [1.29, 1.82) is 0 Å². The lowest BCUT2D eigenvalue weighted by Crippen LogP contribution is -2.43. The zero-order chi connectivity index (χ0) is 11.7. The van der Waals surface area contributed by atoms with E-state index in [1.54, 1.807) is 6.08 Å². The van der Waals surface area contributed by atoms with Gasteiger partial charge in [-0.15, -0.1) is 0 Å². The van der Waals surface area contributed by atoms with Crippen LogP contribution < -0.4 is 0 Å². The van der Waals surface area contributed by atoms with Gasteiger partial charge < -0.3 is 4.74 Å². The van der Waals surface area contributed by atoms with Gasteiger partial charge in [0.2, 0.25) is 0 Å². The van der Waals surface area contributed by atoms with Crippen LogP contribution in [0.5, 0.6) is 0 Å². The summed E-state index contributed by atoms with van der Waals surface area (Å²) in [5.74, 6) is 0.779. The highest BCUT2D eigenvalue weighted by molar-refractivity contribution is 5.94. The first kappa shape index (κ1) is 11.2. The highest BCUT2D eigenvalue weighted by Gasteiger charge is 2.40. The quantitative estimate of drug-likeness (QED) is 0.747. The van der Waals surface area contributed by atoms with Crippen molar-refractivity contribution < 1.29 is 9.53 Å². The number of allylic oxidation sites excluding steroid dienone is 4. The molecule has 0 saturated heterocycles. The summed E-state index contributed by atoms with van der Waals surface area (Å²) in [6, 6.07) is 0. The molecule has 2 fully saturated rings. The maximum absolute atomic E-state index is 11.8. The Balaban J connectivity index is 1.58. The molecule has 0 aliphatic heterocycles. The summed E-state index contributed by atoms with van der Waals surface area (Å²) in [5, 5.41) is 0. The van der Waals surface area contributed by atoms with E-state index in [1.807, 2.05) is 12.2 Å². The molecule has 3 atom stereocenters. The van der Waals surface area contributed by atoms with Gasteiger partial charge in [0.25, 0.3) is 0 Å². The van der Waals surface area contributed by atoms with Gasteiger partial charge in [-0.2, -0.15) is 0 Å². The second-order valence-electron chi connectivity index (χ2n) is 5.49. The second-order valence-corrected chi connectivity index (χ2v) is 5.49. The van der Waals surface area contributed by atoms with E-state index in [-0.39, 0.29) is 11.7 Å². The Bertz CT molecular complexity index is 350. The van der Waals surface area contributed by atoms with Crippen LogP contribution in [0.2, 0.25) is 0 Å². The Morgan fingerprint density at radius 3 is 2.53 bits per heavy atom. The van der Waals surface area contributed by atoms with Crippen molar-refractivity contribution in [3.05, 3.63) is 24.3 Å². The van der Waals surface area contributed by atoms with E-state index in [4.69, 9.17) is 4.74 Å². The summed E-state index contributed by atoms with van der Waals surface area (Å²) in [7, 11) is 0. The van der Waals surface area contributed by atoms with Crippen LogP contribution in [0.25, 0.3) is 0 Å². The highest BCUT2D eigenvalue weighted by Crippen LogP contribution is 2.40. The standard InChI is InChI=1S/C15H20O2/c16-14-8-4-3-7-12(14)13-9-10-15(13)17-11-5-1-2-6-11/h3-4,7-8,11-13,15H,1-2,5-6,9-10H2. The van der Waals surface area contributed by atoms with Crippen molar-refractivity contribution in [1.82, 2.24) is 0 Å². The Hall–Kier alpha value is -0.890. The predicted molar refractivity (Wildman–Crippen MR) is 66.6 cm³/mol. The Kier molecular flexibility index (Phi) is 3.15. The Morgan fingerprint density at radius 2 is 1.88 bits per heavy atom. The molecule has 0 bridgehead atoms. The van der Waals surface area contributed by atoms with E-state index in [9.17, 15) is 4.79 Å². The maximum Gasteiger partial charge on any atom is 0.162 e. The molecular formula is C15H20O2. The van der Waals surface area contributed by atoms with Crippen LogP contribution in [-0.2, 0) is 9.53 Å². The summed E-state index contributed by atoms with van der Waals surface area (Å²) >= 11 is 0. The Morgan fingerprint density at radius 1 is 1.06 bits per heavy atom. The topological polar surface area (TPSA) is 26.3 Å². The zero-order valence-corrected chi connectivity index (χ0v) is 10.2. The number of rotatable bonds is 3. The molecule has 0 aromatic rings. The van der Waals surface area contributed by atoms with Crippen LogP contribution in [0.3, 0.4) is 0 Å². The molecule has 17 heavy (non-hydrogen) atoms. The van der Waals surface area contributed by atoms with Crippen LogP contribution in [0.4, 0.5) is 0 Å². The lowest BCUT2D eigenvalue weighted by atomic mass is 9.70. The summed E-state index contributed by atoms with van der Waals surface area (Å²) in [5.41, 5.74) is 0. The average molecular weight is 232 g/mol. The van der Waals surface area contributed by atoms with Gasteiger partial charge in [0.05, 0.1) is 12.2 Å². The summed E-state index contributed by atoms with van der Waals surface area (Å²) < 4.78 is 6.15. The maximum atomic E-state index is 11.8. The number of hydrogen-bond donors (Lipinski definition) is 0. The zero-order valence-electron chi connectivity index (χ0n) is 10.2. The number of carbonyl (C=O) groups is 1. The highest BCUT2D eigenvalue weighted by atomic mass is 16.5. The molecule has 0 heterocycles. The van der Waals surface area contributed by atoms with Crippen LogP contribution in [-0.4, -0.2) is 18.0 Å². The van der Waals surface area contributed by atoms with Crippen molar-refractivity contribution >= 4 is 5.78 Å². The molecule has 0 spiro atoms. The molecule has 92 valence electrons. The summed E-state index contributed by atoms with van der Waals surface area (Å²) in [6.45, 7) is 0. The van der Waals surface area contributed by atoms with Gasteiger partial charge in [0, 0.05) is 5.92 Å². The molecule has 0 N–H and O–H groups in total. The van der Waals surface area contributed by atoms with Crippen molar-refractivity contribution in [2.75, 3.05) is 0 Å². The van der Waals surface area contributed by atoms with E-state index >= 15 is 0 Å². The lowest BCUT2D eigenvalue weighted by Gasteiger charge is -2.41. The normalized spacial score (nSPS) is 37.4. The predicted octanol–water partition coefficient (Wildman–Crippen LogP) is 3.04. The minimum absolute atomic E-state index is 0.0835. The molecule has 2 heteroatoms. The van der Waals surface area contributed by atoms with E-state index in [1.165, 1.54) is 25.7 Å². The van der Waals surface area contributed by atoms with Crippen LogP contribution in [0.15, 0.2) is 24.3 Å². The fourth-order valence-electron chi connectivity index (χ4n) is 3.24. The van der Waals surface area contributed by atoms with Crippen LogP contribution in [0, 0.1) is 11.8 Å². The SMILES string of the molecule is O=C1C=CC=CC1C1CCC1OC1CCCC1. The molecule has 3 rings (SSSR count).